The van der Waals surface area contributed by atoms with Gasteiger partial charge in [0.1, 0.15) is 0 Å². The van der Waals surface area contributed by atoms with Gasteiger partial charge in [-0.25, -0.2) is 8.42 Å². The van der Waals surface area contributed by atoms with Crippen LogP contribution in [0.2, 0.25) is 10.0 Å². The molecule has 1 saturated carbocycles. The maximum atomic E-state index is 12.2. The summed E-state index contributed by atoms with van der Waals surface area (Å²) in [7, 11) is -3.45. The van der Waals surface area contributed by atoms with Crippen molar-refractivity contribution in [1.29, 1.82) is 0 Å². The van der Waals surface area contributed by atoms with Gasteiger partial charge in [0.25, 0.3) is 0 Å². The molecule has 0 spiro atoms. The predicted octanol–water partition coefficient (Wildman–Crippen LogP) is 3.53. The number of hydrogen-bond acceptors (Lipinski definition) is 3. The Kier molecular flexibility index (Phi) is 6.31. The number of sulfonamides is 1. The molecule has 1 aromatic rings. The van der Waals surface area contributed by atoms with E-state index in [2.05, 4.69) is 5.32 Å². The average molecular weight is 379 g/mol. The molecule has 8 heteroatoms. The van der Waals surface area contributed by atoms with Crippen molar-refractivity contribution in [3.05, 3.63) is 28.2 Å². The van der Waals surface area contributed by atoms with E-state index in [-0.39, 0.29) is 12.6 Å². The Morgan fingerprint density at radius 2 is 1.91 bits per heavy atom. The summed E-state index contributed by atoms with van der Waals surface area (Å²) >= 11 is 11.8. The lowest BCUT2D eigenvalue weighted by Crippen LogP contribution is -2.45. The first kappa shape index (κ1) is 18.5. The van der Waals surface area contributed by atoms with E-state index in [1.54, 1.807) is 12.1 Å². The van der Waals surface area contributed by atoms with Gasteiger partial charge >= 0.3 is 0 Å². The average Bonchev–Trinajstić information content (AvgIpc) is 2.47. The topological polar surface area (TPSA) is 66.5 Å². The van der Waals surface area contributed by atoms with Gasteiger partial charge in [0.05, 0.1) is 23.5 Å². The van der Waals surface area contributed by atoms with Crippen molar-refractivity contribution in [3.63, 3.8) is 0 Å². The number of anilines is 1. The van der Waals surface area contributed by atoms with Crippen molar-refractivity contribution >= 4 is 44.8 Å². The number of carbonyl (C=O) groups excluding carboxylic acids is 1. The number of hydrogen-bond donors (Lipinski definition) is 1. The van der Waals surface area contributed by atoms with Gasteiger partial charge in [-0.15, -0.1) is 0 Å². The Morgan fingerprint density at radius 3 is 2.48 bits per heavy atom. The summed E-state index contributed by atoms with van der Waals surface area (Å²) in [6.45, 7) is -0.206. The van der Waals surface area contributed by atoms with E-state index < -0.39 is 15.9 Å². The summed E-state index contributed by atoms with van der Waals surface area (Å²) in [6, 6.07) is 4.62. The van der Waals surface area contributed by atoms with Crippen molar-refractivity contribution in [2.45, 2.75) is 38.1 Å². The molecule has 0 heterocycles. The van der Waals surface area contributed by atoms with E-state index in [4.69, 9.17) is 23.2 Å². The highest BCUT2D eigenvalue weighted by Gasteiger charge is 2.29. The number of benzene rings is 1. The Labute approximate surface area is 147 Å². The largest absolute Gasteiger partial charge is 0.324 e. The van der Waals surface area contributed by atoms with Gasteiger partial charge in [0, 0.05) is 11.1 Å². The van der Waals surface area contributed by atoms with Crippen LogP contribution in [-0.2, 0) is 14.8 Å². The molecular formula is C15H20Cl2N2O3S. The molecule has 0 radical (unpaired) electrons. The monoisotopic (exact) mass is 378 g/mol. The summed E-state index contributed by atoms with van der Waals surface area (Å²) in [4.78, 5) is 12.2. The lowest BCUT2D eigenvalue weighted by Gasteiger charge is -2.31. The zero-order valence-electron chi connectivity index (χ0n) is 12.9. The summed E-state index contributed by atoms with van der Waals surface area (Å²) < 4.78 is 25.4. The molecule has 23 heavy (non-hydrogen) atoms. The van der Waals surface area contributed by atoms with E-state index in [1.807, 2.05) is 0 Å². The molecule has 1 aliphatic rings. The Hall–Kier alpha value is -0.820. The zero-order chi connectivity index (χ0) is 17.0. The van der Waals surface area contributed by atoms with Gasteiger partial charge in [-0.2, -0.15) is 4.31 Å². The Morgan fingerprint density at radius 1 is 1.26 bits per heavy atom. The van der Waals surface area contributed by atoms with Crippen LogP contribution in [-0.4, -0.2) is 37.5 Å². The first-order valence-corrected chi connectivity index (χ1v) is 10.1. The number of rotatable bonds is 5. The quantitative estimate of drug-likeness (QED) is 0.851. The van der Waals surface area contributed by atoms with Gasteiger partial charge in [-0.05, 0) is 31.0 Å². The van der Waals surface area contributed by atoms with E-state index in [0.29, 0.717) is 15.7 Å². The van der Waals surface area contributed by atoms with Crippen LogP contribution in [0.1, 0.15) is 32.1 Å². The van der Waals surface area contributed by atoms with E-state index in [1.165, 1.54) is 10.4 Å². The number of nitrogens with zero attached hydrogens (tertiary/aromatic N) is 1. The number of nitrogens with one attached hydrogen (secondary N) is 1. The van der Waals surface area contributed by atoms with Crippen LogP contribution >= 0.6 is 23.2 Å². The molecule has 0 atom stereocenters. The molecule has 128 valence electrons. The van der Waals surface area contributed by atoms with Gasteiger partial charge < -0.3 is 5.32 Å². The van der Waals surface area contributed by atoms with Crippen molar-refractivity contribution < 1.29 is 13.2 Å². The molecule has 1 aromatic carbocycles. The molecule has 1 N–H and O–H groups in total. The number of carbonyl (C=O) groups is 1. The molecule has 5 nitrogen and oxygen atoms in total. The van der Waals surface area contributed by atoms with Crippen molar-refractivity contribution in [2.75, 3.05) is 18.1 Å². The van der Waals surface area contributed by atoms with Crippen molar-refractivity contribution in [2.24, 2.45) is 0 Å². The standard InChI is InChI=1S/C15H20Cl2N2O3S/c1-23(21,22)19(12-5-3-2-4-6-12)10-15(20)18-14-8-7-11(16)9-13(14)17/h7-9,12H,2-6,10H2,1H3,(H,18,20). The smallest absolute Gasteiger partial charge is 0.239 e. The van der Waals surface area contributed by atoms with E-state index in [0.717, 1.165) is 38.4 Å². The van der Waals surface area contributed by atoms with Crippen LogP contribution in [0.5, 0.6) is 0 Å². The third-order valence-corrected chi connectivity index (χ3v) is 5.74. The minimum Gasteiger partial charge on any atom is -0.324 e. The maximum absolute atomic E-state index is 12.2. The fourth-order valence-electron chi connectivity index (χ4n) is 2.81. The predicted molar refractivity (Wildman–Crippen MR) is 93.5 cm³/mol. The van der Waals surface area contributed by atoms with Crippen LogP contribution in [0.25, 0.3) is 0 Å². The van der Waals surface area contributed by atoms with Crippen LogP contribution < -0.4 is 5.32 Å². The van der Waals surface area contributed by atoms with Crippen LogP contribution in [0.15, 0.2) is 18.2 Å². The third kappa shape index (κ3) is 5.35. The molecule has 1 aliphatic carbocycles. The number of amides is 1. The summed E-state index contributed by atoms with van der Waals surface area (Å²) in [5, 5.41) is 3.42. The molecular weight excluding hydrogens is 359 g/mol. The third-order valence-electron chi connectivity index (χ3n) is 3.91. The van der Waals surface area contributed by atoms with E-state index >= 15 is 0 Å². The van der Waals surface area contributed by atoms with Crippen molar-refractivity contribution in [3.8, 4) is 0 Å². The van der Waals surface area contributed by atoms with Crippen LogP contribution in [0, 0.1) is 0 Å². The van der Waals surface area contributed by atoms with Gasteiger partial charge in [0.15, 0.2) is 0 Å². The minimum atomic E-state index is -3.45. The Balaban J connectivity index is 2.08. The summed E-state index contributed by atoms with van der Waals surface area (Å²) in [5.41, 5.74) is 0.415. The molecule has 0 saturated heterocycles. The normalized spacial score (nSPS) is 16.5. The van der Waals surface area contributed by atoms with Gasteiger partial charge in [0.2, 0.25) is 15.9 Å². The zero-order valence-corrected chi connectivity index (χ0v) is 15.2. The lowest BCUT2D eigenvalue weighted by molar-refractivity contribution is -0.116. The molecule has 2 rings (SSSR count). The van der Waals surface area contributed by atoms with Crippen molar-refractivity contribution in [1.82, 2.24) is 4.31 Å². The number of halogens is 2. The van der Waals surface area contributed by atoms with Gasteiger partial charge in [-0.3, -0.25) is 4.79 Å². The molecule has 0 bridgehead atoms. The fourth-order valence-corrected chi connectivity index (χ4v) is 4.37. The molecule has 0 aromatic heterocycles. The molecule has 0 unspecified atom stereocenters. The SMILES string of the molecule is CS(=O)(=O)N(CC(=O)Nc1ccc(Cl)cc1Cl)C1CCCCC1. The van der Waals surface area contributed by atoms with Gasteiger partial charge in [-0.1, -0.05) is 42.5 Å². The second kappa shape index (κ2) is 7.83. The molecule has 1 amide bonds. The molecule has 0 aliphatic heterocycles. The second-order valence-corrected chi connectivity index (χ2v) is 8.55. The molecule has 1 fully saturated rings. The summed E-state index contributed by atoms with van der Waals surface area (Å²) in [6.07, 6.45) is 5.82. The van der Waals surface area contributed by atoms with Crippen LogP contribution in [0.3, 0.4) is 0 Å². The highest BCUT2D eigenvalue weighted by molar-refractivity contribution is 7.88. The minimum absolute atomic E-state index is 0.106. The Bertz CT molecular complexity index is 673. The first-order chi connectivity index (χ1) is 10.8. The fraction of sp³-hybridized carbons (Fsp3) is 0.533. The highest BCUT2D eigenvalue weighted by atomic mass is 35.5. The summed E-state index contributed by atoms with van der Waals surface area (Å²) in [5.74, 6) is -0.412. The second-order valence-electron chi connectivity index (χ2n) is 5.77. The highest BCUT2D eigenvalue weighted by Crippen LogP contribution is 2.26. The first-order valence-electron chi connectivity index (χ1n) is 7.49. The van der Waals surface area contributed by atoms with Crippen LogP contribution in [0.4, 0.5) is 5.69 Å². The lowest BCUT2D eigenvalue weighted by atomic mass is 9.95. The van der Waals surface area contributed by atoms with E-state index in [9.17, 15) is 13.2 Å². The maximum Gasteiger partial charge on any atom is 0.239 e.